The lowest BCUT2D eigenvalue weighted by molar-refractivity contribution is 0.233. The largest absolute Gasteiger partial charge is 0.381 e. The molecular weight excluding hydrogens is 330 g/mol. The lowest BCUT2D eigenvalue weighted by Crippen LogP contribution is -2.11. The van der Waals surface area contributed by atoms with E-state index in [1.807, 2.05) is 6.20 Å². The van der Waals surface area contributed by atoms with Gasteiger partial charge in [-0.1, -0.05) is 55.8 Å². The lowest BCUT2D eigenvalue weighted by Gasteiger charge is -2.27. The average molecular weight is 364 g/mol. The second-order valence-electron chi connectivity index (χ2n) is 7.77. The maximum absolute atomic E-state index is 5.10. The van der Waals surface area contributed by atoms with E-state index < -0.39 is 0 Å². The van der Waals surface area contributed by atoms with Crippen molar-refractivity contribution in [2.24, 2.45) is 5.92 Å². The maximum Gasteiger partial charge on any atom is 0.0702 e. The predicted molar refractivity (Wildman–Crippen MR) is 114 cm³/mol. The fraction of sp³-hybridized carbons (Fsp3) is 0.480. The Morgan fingerprint density at radius 3 is 2.44 bits per heavy atom. The molecule has 144 valence electrons. The smallest absolute Gasteiger partial charge is 0.0702 e. The van der Waals surface area contributed by atoms with Gasteiger partial charge in [-0.3, -0.25) is 4.98 Å². The molecule has 2 heteroatoms. The summed E-state index contributed by atoms with van der Waals surface area (Å²) < 4.78 is 5.10. The van der Waals surface area contributed by atoms with Gasteiger partial charge >= 0.3 is 0 Å². The Morgan fingerprint density at radius 2 is 1.81 bits per heavy atom. The van der Waals surface area contributed by atoms with Crippen LogP contribution in [0.1, 0.15) is 62.5 Å². The Balaban J connectivity index is 1.56. The molecule has 0 radical (unpaired) electrons. The number of hydrogen-bond donors (Lipinski definition) is 0. The number of nitrogens with zero attached hydrogens (tertiary/aromatic N) is 1. The van der Waals surface area contributed by atoms with Gasteiger partial charge in [0.05, 0.1) is 12.3 Å². The van der Waals surface area contributed by atoms with E-state index in [0.29, 0.717) is 5.92 Å². The molecule has 1 saturated carbocycles. The minimum atomic E-state index is 0.704. The summed E-state index contributed by atoms with van der Waals surface area (Å²) in [6.45, 7) is 2.96. The van der Waals surface area contributed by atoms with Crippen LogP contribution in [-0.4, -0.2) is 18.7 Å². The number of rotatable bonds is 8. The Labute approximate surface area is 164 Å². The zero-order valence-electron chi connectivity index (χ0n) is 16.9. The minimum absolute atomic E-state index is 0.704. The molecule has 1 fully saturated rings. The van der Waals surface area contributed by atoms with Gasteiger partial charge in [-0.2, -0.15) is 0 Å². The highest BCUT2D eigenvalue weighted by molar-refractivity contribution is 5.59. The number of aromatic nitrogens is 1. The third kappa shape index (κ3) is 5.77. The van der Waals surface area contributed by atoms with Crippen molar-refractivity contribution >= 4 is 0 Å². The van der Waals surface area contributed by atoms with E-state index in [1.165, 1.54) is 55.2 Å². The van der Waals surface area contributed by atoms with E-state index in [2.05, 4.69) is 60.5 Å². The van der Waals surface area contributed by atoms with E-state index in [-0.39, 0.29) is 0 Å². The Hall–Kier alpha value is -1.93. The number of methoxy groups -OCH3 is 1. The molecule has 1 aromatic carbocycles. The molecule has 3 rings (SSSR count). The van der Waals surface area contributed by atoms with Gasteiger partial charge in [-0.15, -0.1) is 0 Å². The average Bonchev–Trinajstić information content (AvgIpc) is 2.73. The molecule has 1 aliphatic carbocycles. The van der Waals surface area contributed by atoms with E-state index in [9.17, 15) is 0 Å². The normalized spacial score (nSPS) is 20.2. The second-order valence-corrected chi connectivity index (χ2v) is 7.77. The molecule has 0 saturated heterocycles. The fourth-order valence-corrected chi connectivity index (χ4v) is 4.04. The summed E-state index contributed by atoms with van der Waals surface area (Å²) in [5.74, 6) is 1.43. The van der Waals surface area contributed by atoms with Crippen LogP contribution in [0.4, 0.5) is 0 Å². The summed E-state index contributed by atoms with van der Waals surface area (Å²) in [6.07, 6.45) is 15.3. The highest BCUT2D eigenvalue weighted by Gasteiger charge is 2.20. The first-order valence-electron chi connectivity index (χ1n) is 10.5. The van der Waals surface area contributed by atoms with Gasteiger partial charge in [0.15, 0.2) is 0 Å². The first kappa shape index (κ1) is 19.8. The molecule has 1 heterocycles. The highest BCUT2D eigenvalue weighted by Crippen LogP contribution is 2.36. The first-order valence-corrected chi connectivity index (χ1v) is 10.5. The molecule has 0 amide bonds. The van der Waals surface area contributed by atoms with Crippen LogP contribution < -0.4 is 0 Å². The van der Waals surface area contributed by atoms with Crippen molar-refractivity contribution in [2.75, 3.05) is 13.7 Å². The molecule has 0 N–H and O–H groups in total. The van der Waals surface area contributed by atoms with Crippen LogP contribution in [0.15, 0.2) is 54.7 Å². The molecule has 0 aliphatic heterocycles. The van der Waals surface area contributed by atoms with Crippen molar-refractivity contribution in [2.45, 2.75) is 57.8 Å². The molecule has 0 unspecified atom stereocenters. The zero-order valence-corrected chi connectivity index (χ0v) is 16.9. The fourth-order valence-electron chi connectivity index (χ4n) is 4.04. The zero-order chi connectivity index (χ0) is 18.9. The van der Waals surface area contributed by atoms with Gasteiger partial charge in [0.2, 0.25) is 0 Å². The Bertz CT molecular complexity index is 694. The van der Waals surface area contributed by atoms with Crippen molar-refractivity contribution in [1.82, 2.24) is 4.98 Å². The topological polar surface area (TPSA) is 22.1 Å². The van der Waals surface area contributed by atoms with Crippen LogP contribution in [0.5, 0.6) is 0 Å². The first-order chi connectivity index (χ1) is 13.3. The standard InChI is InChI=1S/C25H33NO/c1-3-4-6-21-10-17-25(26-19-21)24-15-13-23(14-16-24)22-11-8-20(9-12-22)7-5-18-27-2/h5,7,10,13-17,19-20,22H,3-4,6,8-9,11-12,18H2,1-2H3/b7-5+. The molecule has 0 spiro atoms. The van der Waals surface area contributed by atoms with Crippen LogP contribution in [-0.2, 0) is 11.2 Å². The Kier molecular flexibility index (Phi) is 7.65. The summed E-state index contributed by atoms with van der Waals surface area (Å²) in [7, 11) is 1.75. The van der Waals surface area contributed by atoms with Crippen molar-refractivity contribution in [3.05, 3.63) is 65.9 Å². The monoisotopic (exact) mass is 363 g/mol. The summed E-state index contributed by atoms with van der Waals surface area (Å²) in [6, 6.07) is 13.5. The number of pyridine rings is 1. The van der Waals surface area contributed by atoms with Gasteiger partial charge < -0.3 is 4.74 Å². The molecule has 2 aromatic rings. The number of benzene rings is 1. The van der Waals surface area contributed by atoms with Crippen molar-refractivity contribution in [3.63, 3.8) is 0 Å². The van der Waals surface area contributed by atoms with Crippen molar-refractivity contribution in [3.8, 4) is 11.3 Å². The second kappa shape index (κ2) is 10.4. The van der Waals surface area contributed by atoms with Crippen LogP contribution >= 0.6 is 0 Å². The highest BCUT2D eigenvalue weighted by atomic mass is 16.5. The number of hydrogen-bond acceptors (Lipinski definition) is 2. The third-order valence-electron chi connectivity index (χ3n) is 5.76. The molecule has 1 aromatic heterocycles. The van der Waals surface area contributed by atoms with E-state index >= 15 is 0 Å². The van der Waals surface area contributed by atoms with Gasteiger partial charge in [0, 0.05) is 18.9 Å². The SMILES string of the molecule is CCCCc1ccc(-c2ccc(C3CCC(/C=C/COC)CC3)cc2)nc1. The molecule has 0 atom stereocenters. The van der Waals surface area contributed by atoms with Gasteiger partial charge in [-0.05, 0) is 67.6 Å². The van der Waals surface area contributed by atoms with Gasteiger partial charge in [0.1, 0.15) is 0 Å². The van der Waals surface area contributed by atoms with Crippen molar-refractivity contribution in [1.29, 1.82) is 0 Å². The molecular formula is C25H33NO. The third-order valence-corrected chi connectivity index (χ3v) is 5.76. The minimum Gasteiger partial charge on any atom is -0.381 e. The molecule has 27 heavy (non-hydrogen) atoms. The maximum atomic E-state index is 5.10. The number of unbranched alkanes of at least 4 members (excludes halogenated alkanes) is 1. The van der Waals surface area contributed by atoms with Gasteiger partial charge in [-0.25, -0.2) is 0 Å². The van der Waals surface area contributed by atoms with Crippen LogP contribution in [0, 0.1) is 5.92 Å². The number of aryl methyl sites for hydroxylation is 1. The van der Waals surface area contributed by atoms with E-state index in [4.69, 9.17) is 4.74 Å². The molecule has 1 aliphatic rings. The Morgan fingerprint density at radius 1 is 1.04 bits per heavy atom. The lowest BCUT2D eigenvalue weighted by atomic mass is 9.78. The predicted octanol–water partition coefficient (Wildman–Crippen LogP) is 6.57. The van der Waals surface area contributed by atoms with Crippen LogP contribution in [0.2, 0.25) is 0 Å². The summed E-state index contributed by atoms with van der Waals surface area (Å²) in [4.78, 5) is 4.67. The quantitative estimate of drug-likeness (QED) is 0.495. The van der Waals surface area contributed by atoms with Crippen LogP contribution in [0.25, 0.3) is 11.3 Å². The number of ether oxygens (including phenoxy) is 1. The van der Waals surface area contributed by atoms with Crippen LogP contribution in [0.3, 0.4) is 0 Å². The van der Waals surface area contributed by atoms with E-state index in [1.54, 1.807) is 7.11 Å². The molecule has 0 bridgehead atoms. The molecule has 2 nitrogen and oxygen atoms in total. The van der Waals surface area contributed by atoms with Gasteiger partial charge in [0.25, 0.3) is 0 Å². The summed E-state index contributed by atoms with van der Waals surface area (Å²) >= 11 is 0. The van der Waals surface area contributed by atoms with Crippen molar-refractivity contribution < 1.29 is 4.74 Å². The number of allylic oxidation sites excluding steroid dienone is 1. The van der Waals surface area contributed by atoms with E-state index in [0.717, 1.165) is 24.6 Å². The summed E-state index contributed by atoms with van der Waals surface area (Å²) in [5, 5.41) is 0. The summed E-state index contributed by atoms with van der Waals surface area (Å²) in [5.41, 5.74) is 5.12.